The summed E-state index contributed by atoms with van der Waals surface area (Å²) in [5.41, 5.74) is 0.911. The van der Waals surface area contributed by atoms with Crippen molar-refractivity contribution in [3.8, 4) is 0 Å². The minimum absolute atomic E-state index is 0.102. The van der Waals surface area contributed by atoms with Gasteiger partial charge in [0.05, 0.1) is 34.5 Å². The molecule has 4 atom stereocenters. The lowest BCUT2D eigenvalue weighted by atomic mass is 9.71. The maximum absolute atomic E-state index is 12.8. The Hall–Kier alpha value is -2.54. The summed E-state index contributed by atoms with van der Waals surface area (Å²) in [4.78, 5) is 43.2. The van der Waals surface area contributed by atoms with Gasteiger partial charge in [0.1, 0.15) is 5.01 Å². The predicted molar refractivity (Wildman–Crippen MR) is 98.0 cm³/mol. The number of carbonyl (C=O) groups is 3. The molecule has 6 nitrogen and oxygen atoms in total. The Morgan fingerprint density at radius 3 is 2.77 bits per heavy atom. The molecule has 3 amide bonds. The molecular weight excluding hydrogens is 350 g/mol. The number of likely N-dealkylation sites (tertiary alicyclic amines) is 1. The van der Waals surface area contributed by atoms with Crippen molar-refractivity contribution in [1.82, 2.24) is 15.2 Å². The van der Waals surface area contributed by atoms with E-state index in [9.17, 15) is 14.4 Å². The number of fused-ring (bicyclic) bond motifs is 2. The minimum Gasteiger partial charge on any atom is -0.349 e. The number of thiazole rings is 1. The second kappa shape index (κ2) is 6.32. The first-order valence-corrected chi connectivity index (χ1v) is 9.41. The van der Waals surface area contributed by atoms with Gasteiger partial charge in [-0.3, -0.25) is 19.3 Å². The molecule has 1 aromatic carbocycles. The number of carbonyl (C=O) groups excluding carboxylic acids is 3. The number of nitrogens with zero attached hydrogens (tertiary/aromatic N) is 2. The molecule has 1 aliphatic heterocycles. The van der Waals surface area contributed by atoms with Crippen molar-refractivity contribution in [1.29, 1.82) is 0 Å². The summed E-state index contributed by atoms with van der Waals surface area (Å²) < 4.78 is 1.07. The Balaban J connectivity index is 1.52. The van der Waals surface area contributed by atoms with Gasteiger partial charge < -0.3 is 5.32 Å². The molecule has 134 valence electrons. The molecule has 2 aromatic rings. The SMILES string of the molecule is C[C@@H]1C=C[C@@H]2C(=O)N(C)C(=O)[C@@H]2[C@@H]1C(=O)NCc1nc2ccccc2s1. The molecule has 1 aromatic heterocycles. The summed E-state index contributed by atoms with van der Waals surface area (Å²) in [6, 6.07) is 7.82. The third-order valence-electron chi connectivity index (χ3n) is 5.25. The summed E-state index contributed by atoms with van der Waals surface area (Å²) in [7, 11) is 1.48. The molecule has 1 saturated heterocycles. The van der Waals surface area contributed by atoms with Crippen LogP contribution in [0.5, 0.6) is 0 Å². The van der Waals surface area contributed by atoms with Gasteiger partial charge in [-0.15, -0.1) is 11.3 Å². The van der Waals surface area contributed by atoms with E-state index >= 15 is 0 Å². The summed E-state index contributed by atoms with van der Waals surface area (Å²) >= 11 is 1.54. The van der Waals surface area contributed by atoms with E-state index in [0.29, 0.717) is 6.54 Å². The van der Waals surface area contributed by atoms with E-state index in [0.717, 1.165) is 20.1 Å². The Labute approximate surface area is 154 Å². The van der Waals surface area contributed by atoms with Gasteiger partial charge in [-0.2, -0.15) is 0 Å². The minimum atomic E-state index is -0.608. The topological polar surface area (TPSA) is 79.4 Å². The molecule has 4 rings (SSSR count). The van der Waals surface area contributed by atoms with Crippen LogP contribution < -0.4 is 5.32 Å². The number of hydrogen-bond donors (Lipinski definition) is 1. The third-order valence-corrected chi connectivity index (χ3v) is 6.28. The smallest absolute Gasteiger partial charge is 0.236 e. The first-order valence-electron chi connectivity index (χ1n) is 8.59. The van der Waals surface area contributed by atoms with E-state index < -0.39 is 17.8 Å². The number of para-hydroxylation sites is 1. The van der Waals surface area contributed by atoms with E-state index in [1.165, 1.54) is 18.4 Å². The van der Waals surface area contributed by atoms with Gasteiger partial charge >= 0.3 is 0 Å². The molecule has 0 spiro atoms. The van der Waals surface area contributed by atoms with Gasteiger partial charge in [0, 0.05) is 7.05 Å². The van der Waals surface area contributed by atoms with Gasteiger partial charge in [0.2, 0.25) is 17.7 Å². The third kappa shape index (κ3) is 2.63. The van der Waals surface area contributed by atoms with Crippen LogP contribution in [0.2, 0.25) is 0 Å². The van der Waals surface area contributed by atoms with Crippen molar-refractivity contribution in [3.05, 3.63) is 41.4 Å². The van der Waals surface area contributed by atoms with Crippen LogP contribution in [-0.4, -0.2) is 34.7 Å². The Bertz CT molecular complexity index is 902. The molecule has 2 heterocycles. The fraction of sp³-hybridized carbons (Fsp3) is 0.368. The Morgan fingerprint density at radius 1 is 1.23 bits per heavy atom. The van der Waals surface area contributed by atoms with Crippen molar-refractivity contribution >= 4 is 39.3 Å². The monoisotopic (exact) mass is 369 g/mol. The lowest BCUT2D eigenvalue weighted by molar-refractivity contribution is -0.141. The maximum Gasteiger partial charge on any atom is 0.236 e. The number of aromatic nitrogens is 1. The summed E-state index contributed by atoms with van der Waals surface area (Å²) in [5, 5.41) is 3.74. The number of rotatable bonds is 3. The van der Waals surface area contributed by atoms with Gasteiger partial charge in [0.15, 0.2) is 0 Å². The quantitative estimate of drug-likeness (QED) is 0.663. The number of hydrogen-bond acceptors (Lipinski definition) is 5. The molecule has 2 aliphatic rings. The zero-order chi connectivity index (χ0) is 18.4. The lowest BCUT2D eigenvalue weighted by Crippen LogP contribution is -2.43. The van der Waals surface area contributed by atoms with Crippen molar-refractivity contribution in [2.24, 2.45) is 23.7 Å². The molecule has 26 heavy (non-hydrogen) atoms. The van der Waals surface area contributed by atoms with Gasteiger partial charge in [0.25, 0.3) is 0 Å². The van der Waals surface area contributed by atoms with Crippen LogP contribution in [0.3, 0.4) is 0 Å². The van der Waals surface area contributed by atoms with E-state index in [4.69, 9.17) is 0 Å². The molecule has 1 aliphatic carbocycles. The summed E-state index contributed by atoms with van der Waals surface area (Å²) in [6.07, 6.45) is 3.64. The number of nitrogens with one attached hydrogen (secondary N) is 1. The lowest BCUT2D eigenvalue weighted by Gasteiger charge is -2.30. The first kappa shape index (κ1) is 16.9. The fourth-order valence-electron chi connectivity index (χ4n) is 3.86. The van der Waals surface area contributed by atoms with Crippen LogP contribution >= 0.6 is 11.3 Å². The van der Waals surface area contributed by atoms with Crippen LogP contribution in [0.15, 0.2) is 36.4 Å². The predicted octanol–water partition coefficient (Wildman–Crippen LogP) is 1.97. The highest BCUT2D eigenvalue weighted by atomic mass is 32.1. The molecular formula is C19H19N3O3S. The van der Waals surface area contributed by atoms with E-state index in [1.54, 1.807) is 6.08 Å². The van der Waals surface area contributed by atoms with Crippen LogP contribution in [0.4, 0.5) is 0 Å². The second-order valence-electron chi connectivity index (χ2n) is 6.85. The van der Waals surface area contributed by atoms with E-state index in [1.807, 2.05) is 37.3 Å². The van der Waals surface area contributed by atoms with Crippen molar-refractivity contribution in [2.45, 2.75) is 13.5 Å². The molecule has 0 saturated carbocycles. The van der Waals surface area contributed by atoms with Gasteiger partial charge in [-0.1, -0.05) is 31.2 Å². The summed E-state index contributed by atoms with van der Waals surface area (Å²) in [6.45, 7) is 2.23. The zero-order valence-corrected chi connectivity index (χ0v) is 15.3. The Morgan fingerprint density at radius 2 is 2.00 bits per heavy atom. The standard InChI is InChI=1S/C19H19N3O3S/c1-10-7-8-11-16(19(25)22(2)18(11)24)15(10)17(23)20-9-14-21-12-5-3-4-6-13(12)26-14/h3-8,10-11,15-16H,9H2,1-2H3,(H,20,23)/t10-,11+,15-,16+/m1/s1. The molecule has 1 N–H and O–H groups in total. The average molecular weight is 369 g/mol. The number of amides is 3. The largest absolute Gasteiger partial charge is 0.349 e. The number of imide groups is 1. The van der Waals surface area contributed by atoms with Gasteiger partial charge in [-0.05, 0) is 18.1 Å². The molecule has 0 unspecified atom stereocenters. The highest BCUT2D eigenvalue weighted by Crippen LogP contribution is 2.40. The highest BCUT2D eigenvalue weighted by Gasteiger charge is 2.53. The molecule has 1 fully saturated rings. The van der Waals surface area contributed by atoms with E-state index in [-0.39, 0.29) is 23.6 Å². The van der Waals surface area contributed by atoms with Crippen LogP contribution in [0.1, 0.15) is 11.9 Å². The zero-order valence-electron chi connectivity index (χ0n) is 14.5. The van der Waals surface area contributed by atoms with Crippen molar-refractivity contribution in [2.75, 3.05) is 7.05 Å². The molecule has 0 bridgehead atoms. The maximum atomic E-state index is 12.8. The highest BCUT2D eigenvalue weighted by molar-refractivity contribution is 7.18. The van der Waals surface area contributed by atoms with Crippen LogP contribution in [0.25, 0.3) is 10.2 Å². The average Bonchev–Trinajstić information content (AvgIpc) is 3.15. The first-order chi connectivity index (χ1) is 12.5. The normalized spacial score (nSPS) is 27.8. The van der Waals surface area contributed by atoms with Crippen LogP contribution in [0, 0.1) is 23.7 Å². The van der Waals surface area contributed by atoms with Crippen molar-refractivity contribution < 1.29 is 14.4 Å². The number of allylic oxidation sites excluding steroid dienone is 1. The van der Waals surface area contributed by atoms with E-state index in [2.05, 4.69) is 10.3 Å². The fourth-order valence-corrected chi connectivity index (χ4v) is 4.77. The molecule has 7 heteroatoms. The van der Waals surface area contributed by atoms with Crippen LogP contribution in [-0.2, 0) is 20.9 Å². The Kier molecular flexibility index (Phi) is 4.11. The molecule has 0 radical (unpaired) electrons. The second-order valence-corrected chi connectivity index (χ2v) is 7.97. The van der Waals surface area contributed by atoms with Crippen molar-refractivity contribution in [3.63, 3.8) is 0 Å². The summed E-state index contributed by atoms with van der Waals surface area (Å²) in [5.74, 6) is -2.48. The van der Waals surface area contributed by atoms with Gasteiger partial charge in [-0.25, -0.2) is 4.98 Å². The number of benzene rings is 1.